The highest BCUT2D eigenvalue weighted by Gasteiger charge is 2.46. The van der Waals surface area contributed by atoms with Gasteiger partial charge < -0.3 is 30.5 Å². The maximum Gasteiger partial charge on any atom is 0.183 e. The molecule has 0 aromatic heterocycles. The standard InChI is InChI=1S/C17H27N3O3/c1-18-13-10-17(21,15(20-3)14(13)19-2)12-9-7-6-8-11(12)16(22-4)23-5/h6-9,13,16,18-21H,10H2,1-5H3. The third kappa shape index (κ3) is 2.95. The third-order valence-electron chi connectivity index (χ3n) is 4.49. The SMILES string of the molecule is CNC1=C(NC)C(O)(c2ccccc2C(OC)OC)CC1NC. The normalized spacial score (nSPS) is 24.4. The maximum absolute atomic E-state index is 11.5. The first-order valence-electron chi connectivity index (χ1n) is 7.72. The van der Waals surface area contributed by atoms with Gasteiger partial charge in [0.1, 0.15) is 5.60 Å². The molecule has 1 aromatic rings. The molecule has 2 unspecified atom stereocenters. The lowest BCUT2D eigenvalue weighted by molar-refractivity contribution is -0.108. The number of rotatable bonds is 7. The van der Waals surface area contributed by atoms with Crippen LogP contribution in [0.2, 0.25) is 0 Å². The zero-order valence-electron chi connectivity index (χ0n) is 14.4. The molecule has 0 heterocycles. The Balaban J connectivity index is 2.59. The Morgan fingerprint density at radius 2 is 1.78 bits per heavy atom. The van der Waals surface area contributed by atoms with Crippen molar-refractivity contribution < 1.29 is 14.6 Å². The van der Waals surface area contributed by atoms with Crippen molar-refractivity contribution in [2.75, 3.05) is 35.4 Å². The molecule has 6 heteroatoms. The lowest BCUT2D eigenvalue weighted by Gasteiger charge is -2.31. The van der Waals surface area contributed by atoms with Crippen LogP contribution in [-0.4, -0.2) is 46.5 Å². The largest absolute Gasteiger partial charge is 0.389 e. The average molecular weight is 321 g/mol. The van der Waals surface area contributed by atoms with Gasteiger partial charge in [0.25, 0.3) is 0 Å². The molecule has 0 aliphatic heterocycles. The van der Waals surface area contributed by atoms with Crippen LogP contribution in [-0.2, 0) is 15.1 Å². The van der Waals surface area contributed by atoms with Crippen LogP contribution in [0.4, 0.5) is 0 Å². The number of nitrogens with one attached hydrogen (secondary N) is 3. The van der Waals surface area contributed by atoms with E-state index >= 15 is 0 Å². The van der Waals surface area contributed by atoms with E-state index in [9.17, 15) is 5.11 Å². The van der Waals surface area contributed by atoms with Crippen LogP contribution in [0.3, 0.4) is 0 Å². The van der Waals surface area contributed by atoms with E-state index in [1.165, 1.54) is 0 Å². The number of hydrogen-bond acceptors (Lipinski definition) is 6. The lowest BCUT2D eigenvalue weighted by Crippen LogP contribution is -2.35. The zero-order valence-corrected chi connectivity index (χ0v) is 14.4. The third-order valence-corrected chi connectivity index (χ3v) is 4.49. The van der Waals surface area contributed by atoms with Gasteiger partial charge in [-0.2, -0.15) is 0 Å². The number of methoxy groups -OCH3 is 2. The van der Waals surface area contributed by atoms with Crippen LogP contribution < -0.4 is 16.0 Å². The van der Waals surface area contributed by atoms with Crippen molar-refractivity contribution in [1.29, 1.82) is 0 Å². The summed E-state index contributed by atoms with van der Waals surface area (Å²) in [6.07, 6.45) is -0.00693. The van der Waals surface area contributed by atoms with Crippen LogP contribution in [0.25, 0.3) is 0 Å². The summed E-state index contributed by atoms with van der Waals surface area (Å²) in [5, 5.41) is 21.1. The Kier molecular flexibility index (Phi) is 5.64. The van der Waals surface area contributed by atoms with Crippen molar-refractivity contribution >= 4 is 0 Å². The van der Waals surface area contributed by atoms with Gasteiger partial charge in [-0.1, -0.05) is 24.3 Å². The predicted octanol–water partition coefficient (Wildman–Crippen LogP) is 0.808. The Morgan fingerprint density at radius 3 is 2.30 bits per heavy atom. The second-order valence-corrected chi connectivity index (χ2v) is 5.58. The zero-order chi connectivity index (χ0) is 17.0. The van der Waals surface area contributed by atoms with Crippen LogP contribution in [0.5, 0.6) is 0 Å². The fourth-order valence-electron chi connectivity index (χ4n) is 3.46. The van der Waals surface area contributed by atoms with Gasteiger partial charge in [0.15, 0.2) is 6.29 Å². The Morgan fingerprint density at radius 1 is 1.13 bits per heavy atom. The molecule has 6 nitrogen and oxygen atoms in total. The number of likely N-dealkylation sites (N-methyl/N-ethyl adjacent to an activating group) is 3. The van der Waals surface area contributed by atoms with Gasteiger partial charge in [0, 0.05) is 40.3 Å². The summed E-state index contributed by atoms with van der Waals surface area (Å²) < 4.78 is 10.8. The average Bonchev–Trinajstić information content (AvgIpc) is 2.88. The van der Waals surface area contributed by atoms with Gasteiger partial charge in [0.05, 0.1) is 17.4 Å². The van der Waals surface area contributed by atoms with E-state index in [1.54, 1.807) is 14.2 Å². The molecule has 0 saturated carbocycles. The fraction of sp³-hybridized carbons (Fsp3) is 0.529. The molecule has 2 rings (SSSR count). The minimum Gasteiger partial charge on any atom is -0.389 e. The minimum absolute atomic E-state index is 0.0315. The molecule has 0 saturated heterocycles. The van der Waals surface area contributed by atoms with E-state index in [4.69, 9.17) is 9.47 Å². The number of hydrogen-bond donors (Lipinski definition) is 4. The van der Waals surface area contributed by atoms with Gasteiger partial charge in [-0.3, -0.25) is 0 Å². The Labute approximate surface area is 137 Å². The molecule has 128 valence electrons. The molecule has 23 heavy (non-hydrogen) atoms. The van der Waals surface area contributed by atoms with E-state index in [-0.39, 0.29) is 6.04 Å². The van der Waals surface area contributed by atoms with E-state index in [0.717, 1.165) is 22.5 Å². The Hall–Kier alpha value is -1.60. The van der Waals surface area contributed by atoms with E-state index in [1.807, 2.05) is 45.4 Å². The molecule has 2 atom stereocenters. The van der Waals surface area contributed by atoms with Crippen molar-refractivity contribution in [3.05, 3.63) is 46.8 Å². The molecule has 0 bridgehead atoms. The summed E-state index contributed by atoms with van der Waals surface area (Å²) in [6, 6.07) is 7.70. The van der Waals surface area contributed by atoms with Crippen molar-refractivity contribution in [3.8, 4) is 0 Å². The summed E-state index contributed by atoms with van der Waals surface area (Å²) in [5.41, 5.74) is 2.17. The summed E-state index contributed by atoms with van der Waals surface area (Å²) in [7, 11) is 8.76. The second kappa shape index (κ2) is 7.31. The first kappa shape index (κ1) is 17.7. The lowest BCUT2D eigenvalue weighted by atomic mass is 9.86. The van der Waals surface area contributed by atoms with Gasteiger partial charge in [-0.15, -0.1) is 0 Å². The molecule has 0 radical (unpaired) electrons. The summed E-state index contributed by atoms with van der Waals surface area (Å²) in [5.74, 6) is 0. The summed E-state index contributed by atoms with van der Waals surface area (Å²) in [6.45, 7) is 0. The van der Waals surface area contributed by atoms with Crippen molar-refractivity contribution in [2.45, 2.75) is 24.4 Å². The first-order valence-corrected chi connectivity index (χ1v) is 7.72. The van der Waals surface area contributed by atoms with Crippen molar-refractivity contribution in [2.24, 2.45) is 0 Å². The molecule has 4 N–H and O–H groups in total. The molecule has 0 fully saturated rings. The minimum atomic E-state index is -1.15. The van der Waals surface area contributed by atoms with Crippen LogP contribution in [0.15, 0.2) is 35.7 Å². The predicted molar refractivity (Wildman–Crippen MR) is 89.7 cm³/mol. The highest BCUT2D eigenvalue weighted by Crippen LogP contribution is 2.43. The van der Waals surface area contributed by atoms with E-state index in [2.05, 4.69) is 16.0 Å². The summed E-state index contributed by atoms with van der Waals surface area (Å²) >= 11 is 0. The first-order chi connectivity index (χ1) is 11.1. The van der Waals surface area contributed by atoms with Crippen LogP contribution >= 0.6 is 0 Å². The highest BCUT2D eigenvalue weighted by atomic mass is 16.7. The number of ether oxygens (including phenoxy) is 2. The second-order valence-electron chi connectivity index (χ2n) is 5.58. The number of benzene rings is 1. The molecule has 0 amide bonds. The maximum atomic E-state index is 11.5. The van der Waals surface area contributed by atoms with Crippen molar-refractivity contribution in [3.63, 3.8) is 0 Å². The monoisotopic (exact) mass is 321 g/mol. The van der Waals surface area contributed by atoms with E-state index < -0.39 is 11.9 Å². The Bertz CT molecular complexity index is 572. The summed E-state index contributed by atoms with van der Waals surface area (Å²) in [4.78, 5) is 0. The van der Waals surface area contributed by atoms with Gasteiger partial charge in [0.2, 0.25) is 0 Å². The quantitative estimate of drug-likeness (QED) is 0.557. The molecule has 1 aliphatic rings. The molecule has 0 spiro atoms. The van der Waals surface area contributed by atoms with Gasteiger partial charge in [-0.25, -0.2) is 0 Å². The smallest absolute Gasteiger partial charge is 0.183 e. The van der Waals surface area contributed by atoms with E-state index in [0.29, 0.717) is 6.42 Å². The number of aliphatic hydroxyl groups is 1. The highest BCUT2D eigenvalue weighted by molar-refractivity contribution is 5.45. The van der Waals surface area contributed by atoms with Gasteiger partial charge in [-0.05, 0) is 12.6 Å². The fourth-order valence-corrected chi connectivity index (χ4v) is 3.46. The molecular weight excluding hydrogens is 294 g/mol. The molecular formula is C17H27N3O3. The molecule has 1 aromatic carbocycles. The van der Waals surface area contributed by atoms with Crippen LogP contribution in [0, 0.1) is 0 Å². The van der Waals surface area contributed by atoms with Crippen molar-refractivity contribution in [1.82, 2.24) is 16.0 Å². The van der Waals surface area contributed by atoms with Gasteiger partial charge >= 0.3 is 0 Å². The van der Waals surface area contributed by atoms with Crippen LogP contribution in [0.1, 0.15) is 23.8 Å². The molecule has 1 aliphatic carbocycles. The topological polar surface area (TPSA) is 74.8 Å².